The van der Waals surface area contributed by atoms with Crippen LogP contribution in [0.25, 0.3) is 0 Å². The van der Waals surface area contributed by atoms with Crippen molar-refractivity contribution in [3.05, 3.63) is 24.3 Å². The summed E-state index contributed by atoms with van der Waals surface area (Å²) in [6, 6.07) is 0. The molecular formula is C58H108O6. The maximum Gasteiger partial charge on any atom is 0.306 e. The van der Waals surface area contributed by atoms with Gasteiger partial charge in [0.1, 0.15) is 13.2 Å². The molecule has 0 aromatic rings. The third-order valence-electron chi connectivity index (χ3n) is 12.7. The largest absolute Gasteiger partial charge is 0.462 e. The molecule has 64 heavy (non-hydrogen) atoms. The minimum absolute atomic E-state index is 0.0667. The smallest absolute Gasteiger partial charge is 0.306 e. The van der Waals surface area contributed by atoms with Crippen LogP contribution in [-0.2, 0) is 28.6 Å². The third kappa shape index (κ3) is 50.9. The van der Waals surface area contributed by atoms with Gasteiger partial charge in [0.2, 0.25) is 0 Å². The van der Waals surface area contributed by atoms with Crippen LogP contribution in [0, 0.1) is 0 Å². The Labute approximate surface area is 398 Å². The highest BCUT2D eigenvalue weighted by atomic mass is 16.6. The van der Waals surface area contributed by atoms with Crippen molar-refractivity contribution in [2.45, 2.75) is 316 Å². The van der Waals surface area contributed by atoms with Gasteiger partial charge in [-0.15, -0.1) is 0 Å². The number of carbonyl (C=O) groups excluding carboxylic acids is 3. The van der Waals surface area contributed by atoms with Gasteiger partial charge in [0.05, 0.1) is 0 Å². The third-order valence-corrected chi connectivity index (χ3v) is 12.7. The summed E-state index contributed by atoms with van der Waals surface area (Å²) < 4.78 is 16.8. The zero-order chi connectivity index (χ0) is 46.5. The molecule has 0 amide bonds. The highest BCUT2D eigenvalue weighted by Crippen LogP contribution is 2.17. The molecule has 0 aromatic heterocycles. The fourth-order valence-corrected chi connectivity index (χ4v) is 8.42. The van der Waals surface area contributed by atoms with Crippen molar-refractivity contribution in [2.24, 2.45) is 0 Å². The molecule has 0 aromatic carbocycles. The molecule has 0 spiro atoms. The first kappa shape index (κ1) is 61.9. The maximum absolute atomic E-state index is 12.8. The molecule has 0 fully saturated rings. The molecule has 0 rings (SSSR count). The van der Waals surface area contributed by atoms with Gasteiger partial charge in [0, 0.05) is 19.3 Å². The van der Waals surface area contributed by atoms with Crippen LogP contribution in [0.1, 0.15) is 310 Å². The van der Waals surface area contributed by atoms with Gasteiger partial charge in [-0.3, -0.25) is 14.4 Å². The molecule has 0 N–H and O–H groups in total. The van der Waals surface area contributed by atoms with E-state index in [-0.39, 0.29) is 31.1 Å². The van der Waals surface area contributed by atoms with Gasteiger partial charge in [-0.05, 0) is 51.4 Å². The first-order valence-electron chi connectivity index (χ1n) is 28.3. The van der Waals surface area contributed by atoms with Gasteiger partial charge < -0.3 is 14.2 Å². The van der Waals surface area contributed by atoms with Crippen molar-refractivity contribution >= 4 is 17.9 Å². The van der Waals surface area contributed by atoms with Crippen LogP contribution < -0.4 is 0 Å². The highest BCUT2D eigenvalue weighted by molar-refractivity contribution is 5.71. The molecule has 0 bridgehead atoms. The second-order valence-corrected chi connectivity index (χ2v) is 19.2. The lowest BCUT2D eigenvalue weighted by Crippen LogP contribution is -2.30. The number of hydrogen-bond donors (Lipinski definition) is 0. The van der Waals surface area contributed by atoms with Crippen LogP contribution in [0.3, 0.4) is 0 Å². The number of hydrogen-bond acceptors (Lipinski definition) is 6. The topological polar surface area (TPSA) is 78.9 Å². The Kier molecular flexibility index (Phi) is 51.7. The van der Waals surface area contributed by atoms with E-state index >= 15 is 0 Å². The van der Waals surface area contributed by atoms with Crippen molar-refractivity contribution < 1.29 is 28.6 Å². The average Bonchev–Trinajstić information content (AvgIpc) is 3.29. The number of unbranched alkanes of at least 4 members (excludes halogenated alkanes) is 37. The molecule has 6 heteroatoms. The van der Waals surface area contributed by atoms with Crippen molar-refractivity contribution in [1.82, 2.24) is 0 Å². The molecule has 0 radical (unpaired) electrons. The summed E-state index contributed by atoms with van der Waals surface area (Å²) in [5.74, 6) is -0.857. The summed E-state index contributed by atoms with van der Waals surface area (Å²) in [5.41, 5.74) is 0. The summed E-state index contributed by atoms with van der Waals surface area (Å²) in [6.45, 7) is 6.62. The Morgan fingerprint density at radius 1 is 0.312 bits per heavy atom. The molecule has 0 saturated heterocycles. The average molecular weight is 901 g/mol. The lowest BCUT2D eigenvalue weighted by Gasteiger charge is -2.18. The number of allylic oxidation sites excluding steroid dienone is 4. The minimum Gasteiger partial charge on any atom is -0.462 e. The van der Waals surface area contributed by atoms with Crippen molar-refractivity contribution in [3.8, 4) is 0 Å². The zero-order valence-electron chi connectivity index (χ0n) is 43.1. The second kappa shape index (κ2) is 53.5. The van der Waals surface area contributed by atoms with Crippen LogP contribution in [-0.4, -0.2) is 37.2 Å². The molecule has 6 nitrogen and oxygen atoms in total. The Morgan fingerprint density at radius 2 is 0.562 bits per heavy atom. The van der Waals surface area contributed by atoms with Gasteiger partial charge in [0.15, 0.2) is 6.10 Å². The Hall–Kier alpha value is -2.11. The zero-order valence-corrected chi connectivity index (χ0v) is 43.1. The molecule has 376 valence electrons. The van der Waals surface area contributed by atoms with Crippen LogP contribution in [0.5, 0.6) is 0 Å². The molecule has 0 aliphatic rings. The van der Waals surface area contributed by atoms with Crippen LogP contribution in [0.2, 0.25) is 0 Å². The summed E-state index contributed by atoms with van der Waals surface area (Å²) in [4.78, 5) is 37.9. The number of ether oxygens (including phenoxy) is 3. The van der Waals surface area contributed by atoms with E-state index in [1.807, 2.05) is 0 Å². The summed E-state index contributed by atoms with van der Waals surface area (Å²) in [5, 5.41) is 0. The Morgan fingerprint density at radius 3 is 0.859 bits per heavy atom. The molecule has 1 unspecified atom stereocenters. The normalized spacial score (nSPS) is 12.1. The van der Waals surface area contributed by atoms with E-state index < -0.39 is 6.10 Å². The SMILES string of the molecule is CCCCCCC/C=C\C/C=C\CCCCCCCCCCCCCCCC(=O)OCC(COC(=O)CCCCCCCCC)OC(=O)CCCCCCCCCCCCCCCC. The molecule has 0 aliphatic carbocycles. The van der Waals surface area contributed by atoms with Crippen LogP contribution in [0.4, 0.5) is 0 Å². The van der Waals surface area contributed by atoms with E-state index in [9.17, 15) is 14.4 Å². The number of carbonyl (C=O) groups is 3. The van der Waals surface area contributed by atoms with E-state index in [0.717, 1.165) is 64.2 Å². The molecule has 0 heterocycles. The van der Waals surface area contributed by atoms with Crippen LogP contribution in [0.15, 0.2) is 24.3 Å². The second-order valence-electron chi connectivity index (χ2n) is 19.2. The van der Waals surface area contributed by atoms with E-state index in [1.165, 1.54) is 205 Å². The molecule has 0 saturated carbocycles. The predicted octanol–water partition coefficient (Wildman–Crippen LogP) is 18.7. The Balaban J connectivity index is 4.09. The predicted molar refractivity (Wildman–Crippen MR) is 275 cm³/mol. The van der Waals surface area contributed by atoms with E-state index in [1.54, 1.807) is 0 Å². The highest BCUT2D eigenvalue weighted by Gasteiger charge is 2.19. The first-order chi connectivity index (χ1) is 31.5. The maximum atomic E-state index is 12.8. The first-order valence-corrected chi connectivity index (χ1v) is 28.3. The van der Waals surface area contributed by atoms with Crippen molar-refractivity contribution in [2.75, 3.05) is 13.2 Å². The van der Waals surface area contributed by atoms with Crippen molar-refractivity contribution in [1.29, 1.82) is 0 Å². The van der Waals surface area contributed by atoms with E-state index in [2.05, 4.69) is 45.1 Å². The van der Waals surface area contributed by atoms with Gasteiger partial charge in [-0.25, -0.2) is 0 Å². The quantitative estimate of drug-likeness (QED) is 0.0262. The lowest BCUT2D eigenvalue weighted by molar-refractivity contribution is -0.167. The standard InChI is InChI=1S/C58H108O6/c1-4-7-10-13-16-18-20-22-24-25-26-27-28-29-30-31-32-33-34-36-37-39-42-45-48-51-57(60)63-54-55(53-62-56(59)50-47-44-41-15-12-9-6-3)64-58(61)52-49-46-43-40-38-35-23-21-19-17-14-11-8-5-2/h20,22,25-26,55H,4-19,21,23-24,27-54H2,1-3H3/b22-20-,26-25-. The summed E-state index contributed by atoms with van der Waals surface area (Å²) in [6.07, 6.45) is 61.9. The van der Waals surface area contributed by atoms with E-state index in [4.69, 9.17) is 14.2 Å². The molecule has 0 aliphatic heterocycles. The minimum atomic E-state index is -0.763. The van der Waals surface area contributed by atoms with Gasteiger partial charge >= 0.3 is 17.9 Å². The summed E-state index contributed by atoms with van der Waals surface area (Å²) in [7, 11) is 0. The summed E-state index contributed by atoms with van der Waals surface area (Å²) >= 11 is 0. The molecule has 1 atom stereocenters. The lowest BCUT2D eigenvalue weighted by atomic mass is 10.0. The van der Waals surface area contributed by atoms with Crippen molar-refractivity contribution in [3.63, 3.8) is 0 Å². The monoisotopic (exact) mass is 901 g/mol. The number of esters is 3. The van der Waals surface area contributed by atoms with Gasteiger partial charge in [0.25, 0.3) is 0 Å². The number of rotatable bonds is 52. The van der Waals surface area contributed by atoms with Crippen LogP contribution >= 0.6 is 0 Å². The van der Waals surface area contributed by atoms with E-state index in [0.29, 0.717) is 19.3 Å². The fourth-order valence-electron chi connectivity index (χ4n) is 8.42. The van der Waals surface area contributed by atoms with Gasteiger partial charge in [-0.1, -0.05) is 263 Å². The van der Waals surface area contributed by atoms with Gasteiger partial charge in [-0.2, -0.15) is 0 Å². The Bertz CT molecular complexity index is 1040. The fraction of sp³-hybridized carbons (Fsp3) is 0.879. The molecular weight excluding hydrogens is 793 g/mol.